The highest BCUT2D eigenvalue weighted by molar-refractivity contribution is 9.10. The molecule has 3 nitrogen and oxygen atoms in total. The van der Waals surface area contributed by atoms with Crippen LogP contribution < -0.4 is 11.1 Å². The molecule has 1 atom stereocenters. The average molecular weight is 351 g/mol. The Balaban J connectivity index is 1.92. The molecule has 0 heterocycles. The first-order valence-electron chi connectivity index (χ1n) is 6.61. The topological polar surface area (TPSA) is 55.1 Å². The van der Waals surface area contributed by atoms with E-state index < -0.39 is 11.9 Å². The van der Waals surface area contributed by atoms with Gasteiger partial charge in [0, 0.05) is 4.47 Å². The SMILES string of the molecule is N[C@@H](CCc1ccccc1)C(=O)Nc1cc(F)ccc1Br. The number of anilines is 1. The fourth-order valence-electron chi connectivity index (χ4n) is 1.92. The number of rotatable bonds is 5. The summed E-state index contributed by atoms with van der Waals surface area (Å²) in [6.07, 6.45) is 1.25. The molecule has 2 aromatic rings. The third kappa shape index (κ3) is 4.65. The van der Waals surface area contributed by atoms with Crippen LogP contribution in [0.25, 0.3) is 0 Å². The summed E-state index contributed by atoms with van der Waals surface area (Å²) in [5.74, 6) is -0.733. The Hall–Kier alpha value is -1.72. The monoisotopic (exact) mass is 350 g/mol. The zero-order valence-corrected chi connectivity index (χ0v) is 12.9. The minimum absolute atomic E-state index is 0.322. The fourth-order valence-corrected chi connectivity index (χ4v) is 2.26. The second-order valence-electron chi connectivity index (χ2n) is 4.74. The van der Waals surface area contributed by atoms with Gasteiger partial charge in [-0.3, -0.25) is 4.79 Å². The molecule has 0 spiro atoms. The Morgan fingerprint density at radius 1 is 1.24 bits per heavy atom. The summed E-state index contributed by atoms with van der Waals surface area (Å²) < 4.78 is 13.8. The molecule has 0 aromatic heterocycles. The molecular weight excluding hydrogens is 335 g/mol. The smallest absolute Gasteiger partial charge is 0.241 e. The highest BCUT2D eigenvalue weighted by atomic mass is 79.9. The van der Waals surface area contributed by atoms with Crippen LogP contribution in [0.2, 0.25) is 0 Å². The molecule has 0 unspecified atom stereocenters. The molecule has 0 bridgehead atoms. The Bertz CT molecular complexity index is 619. The Morgan fingerprint density at radius 3 is 2.67 bits per heavy atom. The summed E-state index contributed by atoms with van der Waals surface area (Å²) in [6.45, 7) is 0. The predicted molar refractivity (Wildman–Crippen MR) is 85.5 cm³/mol. The summed E-state index contributed by atoms with van der Waals surface area (Å²) in [6, 6.07) is 13.3. The van der Waals surface area contributed by atoms with E-state index in [4.69, 9.17) is 5.73 Å². The van der Waals surface area contributed by atoms with E-state index in [2.05, 4.69) is 21.2 Å². The largest absolute Gasteiger partial charge is 0.324 e. The highest BCUT2D eigenvalue weighted by Gasteiger charge is 2.15. The van der Waals surface area contributed by atoms with E-state index in [9.17, 15) is 9.18 Å². The maximum atomic E-state index is 13.2. The lowest BCUT2D eigenvalue weighted by molar-refractivity contribution is -0.117. The van der Waals surface area contributed by atoms with Crippen LogP contribution >= 0.6 is 15.9 Å². The van der Waals surface area contributed by atoms with Crippen LogP contribution in [0.5, 0.6) is 0 Å². The lowest BCUT2D eigenvalue weighted by Gasteiger charge is -2.13. The molecule has 2 rings (SSSR count). The van der Waals surface area contributed by atoms with Crippen LogP contribution in [0.3, 0.4) is 0 Å². The number of halogens is 2. The standard InChI is InChI=1S/C16H16BrFN2O/c17-13-8-7-12(18)10-15(13)20-16(21)14(19)9-6-11-4-2-1-3-5-11/h1-5,7-8,10,14H,6,9,19H2,(H,20,21)/t14-/m0/s1. The number of nitrogens with one attached hydrogen (secondary N) is 1. The predicted octanol–water partition coefficient (Wildman–Crippen LogP) is 3.49. The molecule has 2 aromatic carbocycles. The molecule has 3 N–H and O–H groups in total. The maximum absolute atomic E-state index is 13.2. The minimum atomic E-state index is -0.639. The molecule has 21 heavy (non-hydrogen) atoms. The molecule has 110 valence electrons. The maximum Gasteiger partial charge on any atom is 0.241 e. The van der Waals surface area contributed by atoms with Gasteiger partial charge in [0.2, 0.25) is 5.91 Å². The van der Waals surface area contributed by atoms with Gasteiger partial charge in [0.1, 0.15) is 5.82 Å². The van der Waals surface area contributed by atoms with E-state index in [1.165, 1.54) is 12.1 Å². The second kappa shape index (κ2) is 7.33. The number of hydrogen-bond donors (Lipinski definition) is 2. The van der Waals surface area contributed by atoms with Gasteiger partial charge in [-0.15, -0.1) is 0 Å². The minimum Gasteiger partial charge on any atom is -0.324 e. The van der Waals surface area contributed by atoms with Crippen molar-refractivity contribution in [3.8, 4) is 0 Å². The van der Waals surface area contributed by atoms with Crippen molar-refractivity contribution in [1.82, 2.24) is 0 Å². The lowest BCUT2D eigenvalue weighted by Crippen LogP contribution is -2.36. The van der Waals surface area contributed by atoms with Crippen molar-refractivity contribution >= 4 is 27.5 Å². The number of amides is 1. The van der Waals surface area contributed by atoms with E-state index in [1.807, 2.05) is 30.3 Å². The van der Waals surface area contributed by atoms with Gasteiger partial charge in [-0.2, -0.15) is 0 Å². The zero-order chi connectivity index (χ0) is 15.2. The first-order chi connectivity index (χ1) is 10.1. The average Bonchev–Trinajstić information content (AvgIpc) is 2.49. The third-order valence-electron chi connectivity index (χ3n) is 3.11. The van der Waals surface area contributed by atoms with E-state index in [1.54, 1.807) is 6.07 Å². The number of carbonyl (C=O) groups excluding carboxylic acids is 1. The Labute approximate surface area is 131 Å². The van der Waals surface area contributed by atoms with Crippen LogP contribution in [0.4, 0.5) is 10.1 Å². The van der Waals surface area contributed by atoms with Crippen molar-refractivity contribution in [3.63, 3.8) is 0 Å². The molecule has 0 saturated heterocycles. The van der Waals surface area contributed by atoms with Gasteiger partial charge in [0.15, 0.2) is 0 Å². The van der Waals surface area contributed by atoms with Crippen LogP contribution in [0, 0.1) is 5.82 Å². The molecule has 0 aliphatic heterocycles. The molecule has 1 amide bonds. The molecule has 0 aliphatic carbocycles. The van der Waals surface area contributed by atoms with E-state index in [0.717, 1.165) is 12.0 Å². The van der Waals surface area contributed by atoms with Gasteiger partial charge >= 0.3 is 0 Å². The number of aryl methyl sites for hydroxylation is 1. The van der Waals surface area contributed by atoms with Gasteiger partial charge in [0.25, 0.3) is 0 Å². The van der Waals surface area contributed by atoms with Crippen molar-refractivity contribution in [3.05, 3.63) is 64.4 Å². The molecular formula is C16H16BrFN2O. The van der Waals surface area contributed by atoms with Gasteiger partial charge in [0.05, 0.1) is 11.7 Å². The van der Waals surface area contributed by atoms with Crippen molar-refractivity contribution in [2.24, 2.45) is 5.73 Å². The van der Waals surface area contributed by atoms with Crippen LogP contribution in [0.1, 0.15) is 12.0 Å². The van der Waals surface area contributed by atoms with Gasteiger partial charge in [-0.25, -0.2) is 4.39 Å². The van der Waals surface area contributed by atoms with E-state index in [0.29, 0.717) is 16.6 Å². The van der Waals surface area contributed by atoms with Crippen LogP contribution in [0.15, 0.2) is 53.0 Å². The zero-order valence-electron chi connectivity index (χ0n) is 11.4. The van der Waals surface area contributed by atoms with E-state index in [-0.39, 0.29) is 5.91 Å². The van der Waals surface area contributed by atoms with Crippen LogP contribution in [-0.4, -0.2) is 11.9 Å². The molecule has 0 radical (unpaired) electrons. The summed E-state index contributed by atoms with van der Waals surface area (Å²) in [5, 5.41) is 2.64. The number of benzene rings is 2. The molecule has 0 saturated carbocycles. The molecule has 0 fully saturated rings. The summed E-state index contributed by atoms with van der Waals surface area (Å²) in [7, 11) is 0. The van der Waals surface area contributed by atoms with Crippen molar-refractivity contribution in [2.75, 3.05) is 5.32 Å². The van der Waals surface area contributed by atoms with E-state index >= 15 is 0 Å². The molecule has 0 aliphatic rings. The number of nitrogens with two attached hydrogens (primary N) is 1. The summed E-state index contributed by atoms with van der Waals surface area (Å²) >= 11 is 3.26. The second-order valence-corrected chi connectivity index (χ2v) is 5.60. The Morgan fingerprint density at radius 2 is 1.95 bits per heavy atom. The summed E-state index contributed by atoms with van der Waals surface area (Å²) in [5.41, 5.74) is 7.40. The normalized spacial score (nSPS) is 12.0. The van der Waals surface area contributed by atoms with Crippen molar-refractivity contribution in [2.45, 2.75) is 18.9 Å². The van der Waals surface area contributed by atoms with Gasteiger partial charge < -0.3 is 11.1 Å². The van der Waals surface area contributed by atoms with Crippen LogP contribution in [-0.2, 0) is 11.2 Å². The fraction of sp³-hybridized carbons (Fsp3) is 0.188. The first kappa shape index (κ1) is 15.7. The van der Waals surface area contributed by atoms with Crippen molar-refractivity contribution < 1.29 is 9.18 Å². The highest BCUT2D eigenvalue weighted by Crippen LogP contribution is 2.23. The van der Waals surface area contributed by atoms with Gasteiger partial charge in [-0.1, -0.05) is 30.3 Å². The summed E-state index contributed by atoms with van der Waals surface area (Å²) in [4.78, 5) is 12.0. The number of carbonyl (C=O) groups is 1. The van der Waals surface area contributed by atoms with Gasteiger partial charge in [-0.05, 0) is 52.5 Å². The Kier molecular flexibility index (Phi) is 5.47. The third-order valence-corrected chi connectivity index (χ3v) is 3.80. The first-order valence-corrected chi connectivity index (χ1v) is 7.41. The lowest BCUT2D eigenvalue weighted by atomic mass is 10.1. The quantitative estimate of drug-likeness (QED) is 0.867. The molecule has 5 heteroatoms. The number of hydrogen-bond acceptors (Lipinski definition) is 2. The van der Waals surface area contributed by atoms with Crippen molar-refractivity contribution in [1.29, 1.82) is 0 Å².